The lowest BCUT2D eigenvalue weighted by atomic mass is 10.1. The Morgan fingerprint density at radius 2 is 2.33 bits per heavy atom. The third kappa shape index (κ3) is 1.44. The van der Waals surface area contributed by atoms with E-state index < -0.39 is 0 Å². The first kappa shape index (κ1) is 6.59. The van der Waals surface area contributed by atoms with Gasteiger partial charge in [-0.25, -0.2) is 0 Å². The van der Waals surface area contributed by atoms with Crippen LogP contribution in [0.4, 0.5) is 0 Å². The van der Waals surface area contributed by atoms with Crippen molar-refractivity contribution in [3.63, 3.8) is 0 Å². The Morgan fingerprint density at radius 1 is 1.56 bits per heavy atom. The zero-order chi connectivity index (χ0) is 6.69. The molecule has 0 aromatic carbocycles. The maximum atomic E-state index is 10.9. The molecule has 1 aliphatic heterocycles. The fraction of sp³-hybridized carbons (Fsp3) is 0.714. The predicted octanol–water partition coefficient (Wildman–Crippen LogP) is 0.833. The molecule has 1 fully saturated rings. The zero-order valence-electron chi connectivity index (χ0n) is 5.60. The minimum Gasteiger partial charge on any atom is -0.343 e. The Kier molecular flexibility index (Phi) is 2.09. The van der Waals surface area contributed by atoms with Gasteiger partial charge >= 0.3 is 0 Å². The van der Waals surface area contributed by atoms with Gasteiger partial charge in [-0.15, -0.1) is 0 Å². The molecule has 1 radical (unpaired) electrons. The predicted molar refractivity (Wildman–Crippen MR) is 35.8 cm³/mol. The van der Waals surface area contributed by atoms with Crippen molar-refractivity contribution in [3.05, 3.63) is 6.92 Å². The van der Waals surface area contributed by atoms with Crippen LogP contribution in [0, 0.1) is 6.92 Å². The lowest BCUT2D eigenvalue weighted by Gasteiger charge is -2.24. The summed E-state index contributed by atoms with van der Waals surface area (Å²) in [7, 11) is 0. The molecule has 1 amide bonds. The zero-order valence-corrected chi connectivity index (χ0v) is 5.60. The highest BCUT2D eigenvalue weighted by Gasteiger charge is 2.14. The molecule has 2 nitrogen and oxygen atoms in total. The molecular formula is C7H12NO. The van der Waals surface area contributed by atoms with Crippen LogP contribution in [-0.2, 0) is 4.79 Å². The van der Waals surface area contributed by atoms with Crippen LogP contribution in [0.2, 0.25) is 0 Å². The fourth-order valence-electron chi connectivity index (χ4n) is 1.10. The van der Waals surface area contributed by atoms with Crippen LogP contribution in [0.25, 0.3) is 0 Å². The van der Waals surface area contributed by atoms with E-state index in [0.29, 0.717) is 6.54 Å². The second kappa shape index (κ2) is 2.85. The second-order valence-corrected chi connectivity index (χ2v) is 2.34. The summed E-state index contributed by atoms with van der Waals surface area (Å²) in [6, 6.07) is 0. The van der Waals surface area contributed by atoms with Gasteiger partial charge in [-0.2, -0.15) is 0 Å². The molecule has 51 valence electrons. The summed E-state index contributed by atoms with van der Waals surface area (Å²) in [4.78, 5) is 12.7. The van der Waals surface area contributed by atoms with E-state index in [2.05, 4.69) is 6.92 Å². The molecule has 1 saturated heterocycles. The smallest absolute Gasteiger partial charge is 0.222 e. The summed E-state index contributed by atoms with van der Waals surface area (Å²) >= 11 is 0. The Balaban J connectivity index is 2.39. The number of carbonyl (C=O) groups is 1. The monoisotopic (exact) mass is 126 g/mol. The van der Waals surface area contributed by atoms with Gasteiger partial charge in [0.25, 0.3) is 0 Å². The summed E-state index contributed by atoms with van der Waals surface area (Å²) in [5.74, 6) is 0.274. The number of carbonyl (C=O) groups excluding carboxylic acids is 1. The van der Waals surface area contributed by atoms with Gasteiger partial charge in [0.05, 0.1) is 0 Å². The third-order valence-electron chi connectivity index (χ3n) is 1.69. The second-order valence-electron chi connectivity index (χ2n) is 2.34. The first-order valence-corrected chi connectivity index (χ1v) is 3.41. The molecule has 0 unspecified atom stereocenters. The molecule has 0 bridgehead atoms. The number of hydrogen-bond donors (Lipinski definition) is 0. The lowest BCUT2D eigenvalue weighted by Crippen LogP contribution is -2.34. The maximum absolute atomic E-state index is 10.9. The van der Waals surface area contributed by atoms with Crippen LogP contribution in [0.1, 0.15) is 19.3 Å². The van der Waals surface area contributed by atoms with E-state index in [-0.39, 0.29) is 5.91 Å². The van der Waals surface area contributed by atoms with Crippen molar-refractivity contribution in [2.24, 2.45) is 0 Å². The van der Waals surface area contributed by atoms with Gasteiger partial charge in [0.2, 0.25) is 5.91 Å². The van der Waals surface area contributed by atoms with E-state index in [1.165, 1.54) is 0 Å². The molecule has 9 heavy (non-hydrogen) atoms. The van der Waals surface area contributed by atoms with Crippen molar-refractivity contribution in [2.75, 3.05) is 13.1 Å². The topological polar surface area (TPSA) is 20.3 Å². The first-order chi connectivity index (χ1) is 4.34. The number of nitrogens with zero attached hydrogens (tertiary/aromatic N) is 1. The quantitative estimate of drug-likeness (QED) is 0.509. The summed E-state index contributed by atoms with van der Waals surface area (Å²) in [5.41, 5.74) is 0. The van der Waals surface area contributed by atoms with E-state index in [0.717, 1.165) is 25.8 Å². The van der Waals surface area contributed by atoms with Crippen molar-refractivity contribution >= 4 is 5.91 Å². The number of likely N-dealkylation sites (tertiary alicyclic amines) is 1. The minimum absolute atomic E-state index is 0.274. The van der Waals surface area contributed by atoms with Crippen molar-refractivity contribution in [2.45, 2.75) is 19.3 Å². The largest absolute Gasteiger partial charge is 0.343 e. The molecular weight excluding hydrogens is 114 g/mol. The van der Waals surface area contributed by atoms with Gasteiger partial charge in [0.1, 0.15) is 0 Å². The van der Waals surface area contributed by atoms with E-state index >= 15 is 0 Å². The molecule has 2 heteroatoms. The minimum atomic E-state index is 0.274. The Labute approximate surface area is 55.8 Å². The van der Waals surface area contributed by atoms with Crippen LogP contribution < -0.4 is 0 Å². The number of rotatable bonds is 1. The summed E-state index contributed by atoms with van der Waals surface area (Å²) in [5, 5.41) is 0. The van der Waals surface area contributed by atoms with Crippen LogP contribution in [0.3, 0.4) is 0 Å². The normalized spacial score (nSPS) is 20.6. The maximum Gasteiger partial charge on any atom is 0.222 e. The molecule has 0 N–H and O–H groups in total. The van der Waals surface area contributed by atoms with Gasteiger partial charge in [0, 0.05) is 19.5 Å². The van der Waals surface area contributed by atoms with Gasteiger partial charge in [0.15, 0.2) is 0 Å². The molecule has 0 aromatic heterocycles. The summed E-state index contributed by atoms with van der Waals surface area (Å²) < 4.78 is 0. The number of amides is 1. The van der Waals surface area contributed by atoms with Crippen molar-refractivity contribution < 1.29 is 4.79 Å². The van der Waals surface area contributed by atoms with Crippen molar-refractivity contribution in [1.82, 2.24) is 4.90 Å². The van der Waals surface area contributed by atoms with Crippen molar-refractivity contribution in [1.29, 1.82) is 0 Å². The average molecular weight is 126 g/mol. The molecule has 0 spiro atoms. The van der Waals surface area contributed by atoms with E-state index in [9.17, 15) is 4.79 Å². The Morgan fingerprint density at radius 3 is 2.78 bits per heavy atom. The molecule has 0 saturated carbocycles. The van der Waals surface area contributed by atoms with Crippen LogP contribution in [-0.4, -0.2) is 23.9 Å². The number of piperidine rings is 1. The molecule has 1 aliphatic rings. The molecule has 0 aromatic rings. The summed E-state index contributed by atoms with van der Waals surface area (Å²) in [6.45, 7) is 5.22. The van der Waals surface area contributed by atoms with Crippen molar-refractivity contribution in [3.8, 4) is 0 Å². The molecule has 0 aliphatic carbocycles. The van der Waals surface area contributed by atoms with E-state index in [4.69, 9.17) is 0 Å². The highest BCUT2D eigenvalue weighted by molar-refractivity contribution is 5.76. The van der Waals surface area contributed by atoms with E-state index in [1.807, 2.05) is 4.90 Å². The van der Waals surface area contributed by atoms with E-state index in [1.54, 1.807) is 0 Å². The SMILES string of the molecule is [CH2]CN1CCCCC1=O. The number of hydrogen-bond acceptors (Lipinski definition) is 1. The molecule has 1 heterocycles. The van der Waals surface area contributed by atoms with Gasteiger partial charge < -0.3 is 4.90 Å². The Bertz CT molecular complexity index is 111. The standard InChI is InChI=1S/C7H12NO/c1-2-8-6-4-3-5-7(8)9/h1-6H2. The highest BCUT2D eigenvalue weighted by Crippen LogP contribution is 2.08. The Hall–Kier alpha value is -0.530. The van der Waals surface area contributed by atoms with Crippen LogP contribution in [0.5, 0.6) is 0 Å². The van der Waals surface area contributed by atoms with Gasteiger partial charge in [-0.3, -0.25) is 4.79 Å². The first-order valence-electron chi connectivity index (χ1n) is 3.41. The van der Waals surface area contributed by atoms with Gasteiger partial charge in [-0.1, -0.05) is 0 Å². The lowest BCUT2D eigenvalue weighted by molar-refractivity contribution is -0.132. The van der Waals surface area contributed by atoms with Gasteiger partial charge in [-0.05, 0) is 19.8 Å². The van der Waals surface area contributed by atoms with Crippen LogP contribution in [0.15, 0.2) is 0 Å². The highest BCUT2D eigenvalue weighted by atomic mass is 16.2. The fourth-order valence-corrected chi connectivity index (χ4v) is 1.10. The summed E-state index contributed by atoms with van der Waals surface area (Å²) in [6.07, 6.45) is 2.95. The average Bonchev–Trinajstić information content (AvgIpc) is 1.89. The van der Waals surface area contributed by atoms with Crippen LogP contribution >= 0.6 is 0 Å². The third-order valence-corrected chi connectivity index (χ3v) is 1.69. The molecule has 1 rings (SSSR count). The molecule has 0 atom stereocenters.